The molecule has 0 heterocycles. The van der Waals surface area contributed by atoms with Gasteiger partial charge in [-0.2, -0.15) is 0 Å². The molecule has 0 atom stereocenters. The Morgan fingerprint density at radius 2 is 1.25 bits per heavy atom. The molecule has 0 rings (SSSR count). The molecule has 0 aromatic carbocycles. The summed E-state index contributed by atoms with van der Waals surface area (Å²) in [6.07, 6.45) is 0. The van der Waals surface area contributed by atoms with Crippen molar-refractivity contribution in [1.29, 1.82) is 0 Å². The normalized spacial score (nSPS) is 3.50. The second-order valence-corrected chi connectivity index (χ2v) is 0.115. The van der Waals surface area contributed by atoms with E-state index in [-0.39, 0.29) is 35.0 Å². The van der Waals surface area contributed by atoms with Gasteiger partial charge in [-0.15, -0.1) is 0 Å². The van der Waals surface area contributed by atoms with Crippen LogP contribution in [0.2, 0.25) is 0 Å². The van der Waals surface area contributed by atoms with E-state index in [9.17, 15) is 0 Å². The number of hydrogen-bond acceptors (Lipinski definition) is 2. The third-order valence-electron chi connectivity index (χ3n) is 0. The predicted molar refractivity (Wildman–Crippen MR) is 18.7 cm³/mol. The summed E-state index contributed by atoms with van der Waals surface area (Å²) in [4.78, 5) is 0. The van der Waals surface area contributed by atoms with Crippen LogP contribution in [0.15, 0.2) is 0 Å². The first kappa shape index (κ1) is 8.86. The molecule has 0 aliphatic carbocycles. The van der Waals surface area contributed by atoms with Gasteiger partial charge < -0.3 is 10.0 Å². The molecule has 0 aromatic rings. The standard InChI is InChI=1S/BH2O2.Pb.2H/c2-1-3;;;/h2-3H;;;. The zero-order valence-electron chi connectivity index (χ0n) is 2.18. The molecule has 2 N–H and O–H groups in total. The van der Waals surface area contributed by atoms with Crippen LogP contribution < -0.4 is 0 Å². The second kappa shape index (κ2) is 9.08. The van der Waals surface area contributed by atoms with E-state index in [0.717, 1.165) is 0 Å². The molecule has 4 heteroatoms. The Labute approximate surface area is 45.3 Å². The Bertz CT molecular complexity index is 6.00. The molecule has 0 aromatic heterocycles. The quantitative estimate of drug-likeness (QED) is 0.473. The van der Waals surface area contributed by atoms with Crippen molar-refractivity contribution in [1.82, 2.24) is 0 Å². The molecule has 0 aliphatic heterocycles. The zero-order valence-corrected chi connectivity index (χ0v) is 7.68. The van der Waals surface area contributed by atoms with Crippen LogP contribution >= 0.6 is 0 Å². The monoisotopic (exact) mass is 255 g/mol. The summed E-state index contributed by atoms with van der Waals surface area (Å²) in [7, 11) is 0. The topological polar surface area (TPSA) is 40.5 Å². The maximum atomic E-state index is 7.00. The summed E-state index contributed by atoms with van der Waals surface area (Å²) in [5, 5.41) is 14.0. The van der Waals surface area contributed by atoms with Crippen molar-refractivity contribution in [3.05, 3.63) is 0 Å². The second-order valence-electron chi connectivity index (χ2n) is 0.115. The van der Waals surface area contributed by atoms with Crippen molar-refractivity contribution in [3.63, 3.8) is 0 Å². The molecule has 3 radical (unpaired) electrons. The first-order valence-corrected chi connectivity index (χ1v) is 0.516. The van der Waals surface area contributed by atoms with Crippen molar-refractivity contribution in [2.75, 3.05) is 0 Å². The van der Waals surface area contributed by atoms with Gasteiger partial charge in [0.05, 0.1) is 0 Å². The molecule has 4 heavy (non-hydrogen) atoms. The third kappa shape index (κ3) is 12.9. The first-order chi connectivity index (χ1) is 1.41. The van der Waals surface area contributed by atoms with Gasteiger partial charge >= 0.3 is 35.0 Å². The Morgan fingerprint density at radius 3 is 1.25 bits per heavy atom. The summed E-state index contributed by atoms with van der Waals surface area (Å²) in [6.45, 7) is 0. The van der Waals surface area contributed by atoms with Gasteiger partial charge in [0.25, 0.3) is 0 Å². The van der Waals surface area contributed by atoms with E-state index in [1.54, 1.807) is 0 Å². The van der Waals surface area contributed by atoms with E-state index in [2.05, 4.69) is 0 Å². The van der Waals surface area contributed by atoms with Crippen LogP contribution in [0.4, 0.5) is 0 Å². The SMILES string of the molecule is O[B]O.[PbH2]. The molecule has 23 valence electrons. The fourth-order valence-corrected chi connectivity index (χ4v) is 0. The van der Waals surface area contributed by atoms with Gasteiger partial charge in [0, 0.05) is 0 Å². The summed E-state index contributed by atoms with van der Waals surface area (Å²) >= 11 is 0. The van der Waals surface area contributed by atoms with E-state index in [1.165, 1.54) is 0 Å². The van der Waals surface area contributed by atoms with Crippen LogP contribution in [-0.4, -0.2) is 45.0 Å². The molecule has 0 amide bonds. The first-order valence-electron chi connectivity index (χ1n) is 0.516. The van der Waals surface area contributed by atoms with Crippen LogP contribution in [0, 0.1) is 0 Å². The van der Waals surface area contributed by atoms with Gasteiger partial charge in [-0.05, 0) is 0 Å². The van der Waals surface area contributed by atoms with Crippen LogP contribution in [0.1, 0.15) is 0 Å². The Balaban J connectivity index is 0. The Morgan fingerprint density at radius 1 is 1.25 bits per heavy atom. The molecule has 0 unspecified atom stereocenters. The Hall–Kier alpha value is 0.907. The number of rotatable bonds is 0. The summed E-state index contributed by atoms with van der Waals surface area (Å²) in [6, 6.07) is 0. The fourth-order valence-electron chi connectivity index (χ4n) is 0. The van der Waals surface area contributed by atoms with Crippen molar-refractivity contribution in [3.8, 4) is 0 Å². The van der Waals surface area contributed by atoms with E-state index < -0.39 is 0 Å². The molecular formula is H4BO2Pb. The van der Waals surface area contributed by atoms with E-state index in [4.69, 9.17) is 10.0 Å². The van der Waals surface area contributed by atoms with Gasteiger partial charge in [0.2, 0.25) is 0 Å². The molecule has 0 fully saturated rings. The minimum absolute atomic E-state index is 0. The van der Waals surface area contributed by atoms with Crippen LogP contribution in [0.25, 0.3) is 0 Å². The summed E-state index contributed by atoms with van der Waals surface area (Å²) < 4.78 is 0. The van der Waals surface area contributed by atoms with Gasteiger partial charge in [0.15, 0.2) is 0 Å². The summed E-state index contributed by atoms with van der Waals surface area (Å²) in [5.74, 6) is 0. The van der Waals surface area contributed by atoms with Crippen LogP contribution in [-0.2, 0) is 0 Å². The van der Waals surface area contributed by atoms with Crippen molar-refractivity contribution >= 4 is 35.0 Å². The Kier molecular flexibility index (Phi) is 20.1. The summed E-state index contributed by atoms with van der Waals surface area (Å²) in [5.41, 5.74) is 0. The van der Waals surface area contributed by atoms with Crippen molar-refractivity contribution in [2.45, 2.75) is 0 Å². The minimum atomic E-state index is 0. The third-order valence-corrected chi connectivity index (χ3v) is 0. The van der Waals surface area contributed by atoms with Crippen molar-refractivity contribution < 1.29 is 10.0 Å². The fraction of sp³-hybridized carbons (Fsp3) is 0. The van der Waals surface area contributed by atoms with Gasteiger partial charge in [-0.25, -0.2) is 0 Å². The van der Waals surface area contributed by atoms with Gasteiger partial charge in [0.1, 0.15) is 0 Å². The van der Waals surface area contributed by atoms with Crippen LogP contribution in [0.3, 0.4) is 0 Å². The van der Waals surface area contributed by atoms with Gasteiger partial charge in [-0.1, -0.05) is 0 Å². The van der Waals surface area contributed by atoms with Crippen molar-refractivity contribution in [2.24, 2.45) is 0 Å². The molecule has 0 saturated heterocycles. The molecule has 0 aliphatic rings. The average molecular weight is 254 g/mol. The predicted octanol–water partition coefficient (Wildman–Crippen LogP) is -2.41. The van der Waals surface area contributed by atoms with Gasteiger partial charge in [-0.3, -0.25) is 0 Å². The molecule has 0 bridgehead atoms. The average Bonchev–Trinajstić information content (AvgIpc) is 0.918. The maximum absolute atomic E-state index is 7.00. The number of hydrogen-bond donors (Lipinski definition) is 2. The van der Waals surface area contributed by atoms with E-state index in [1.807, 2.05) is 0 Å². The van der Waals surface area contributed by atoms with E-state index >= 15 is 0 Å². The van der Waals surface area contributed by atoms with E-state index in [0.29, 0.717) is 0 Å². The molecule has 0 saturated carbocycles. The molecular weight excluding hydrogens is 250 g/mol. The zero-order chi connectivity index (χ0) is 2.71. The van der Waals surface area contributed by atoms with Crippen LogP contribution in [0.5, 0.6) is 0 Å². The molecule has 2 nitrogen and oxygen atoms in total. The molecule has 0 spiro atoms.